The summed E-state index contributed by atoms with van der Waals surface area (Å²) in [7, 11) is -2.31. The van der Waals surface area contributed by atoms with Crippen LogP contribution in [-0.2, 0) is 10.0 Å². The second-order valence-electron chi connectivity index (χ2n) is 2.72. The Morgan fingerprint density at radius 3 is 2.50 bits per heavy atom. The molecule has 6 heteroatoms. The summed E-state index contributed by atoms with van der Waals surface area (Å²) < 4.78 is 38.6. The molecule has 0 saturated heterocycles. The molecule has 1 N–H and O–H groups in total. The van der Waals surface area contributed by atoms with E-state index in [1.165, 1.54) is 26.1 Å². The molecule has 0 amide bonds. The third-order valence-corrected chi connectivity index (χ3v) is 3.82. The van der Waals surface area contributed by atoms with Crippen molar-refractivity contribution in [1.82, 2.24) is 4.72 Å². The van der Waals surface area contributed by atoms with Gasteiger partial charge in [-0.1, -0.05) is 15.9 Å². The van der Waals surface area contributed by atoms with E-state index in [2.05, 4.69) is 20.7 Å². The number of sulfonamides is 1. The second kappa shape index (κ2) is 3.96. The van der Waals surface area contributed by atoms with Crippen LogP contribution in [0.5, 0.6) is 0 Å². The quantitative estimate of drug-likeness (QED) is 0.899. The maximum absolute atomic E-state index is 13.2. The van der Waals surface area contributed by atoms with Crippen molar-refractivity contribution < 1.29 is 12.8 Å². The van der Waals surface area contributed by atoms with Gasteiger partial charge in [-0.25, -0.2) is 17.5 Å². The standard InChI is InChI=1S/C8H9BrFNO2S/c1-5-7(10)3-6(9)4-8(5)14(12,13)11-2/h3-4,11H,1-2H3. The van der Waals surface area contributed by atoms with Gasteiger partial charge >= 0.3 is 0 Å². The Morgan fingerprint density at radius 2 is 2.00 bits per heavy atom. The molecule has 0 aliphatic heterocycles. The molecule has 3 nitrogen and oxygen atoms in total. The van der Waals surface area contributed by atoms with Gasteiger partial charge in [0.2, 0.25) is 10.0 Å². The van der Waals surface area contributed by atoms with Gasteiger partial charge in [0, 0.05) is 10.0 Å². The summed E-state index contributed by atoms with van der Waals surface area (Å²) in [6.07, 6.45) is 0. The van der Waals surface area contributed by atoms with Crippen molar-refractivity contribution in [3.63, 3.8) is 0 Å². The predicted molar refractivity (Wildman–Crippen MR) is 55.1 cm³/mol. The first-order chi connectivity index (χ1) is 6.38. The third-order valence-electron chi connectivity index (χ3n) is 1.82. The van der Waals surface area contributed by atoms with Crippen molar-refractivity contribution in [1.29, 1.82) is 0 Å². The molecular formula is C8H9BrFNO2S. The summed E-state index contributed by atoms with van der Waals surface area (Å²) in [4.78, 5) is -0.0492. The number of halogens is 2. The SMILES string of the molecule is CNS(=O)(=O)c1cc(Br)cc(F)c1C. The van der Waals surface area contributed by atoms with Gasteiger partial charge in [0.05, 0.1) is 4.90 Å². The van der Waals surface area contributed by atoms with E-state index in [9.17, 15) is 12.8 Å². The summed E-state index contributed by atoms with van der Waals surface area (Å²) in [5.74, 6) is -0.548. The lowest BCUT2D eigenvalue weighted by molar-refractivity contribution is 0.580. The average Bonchev–Trinajstić information content (AvgIpc) is 2.11. The first kappa shape index (κ1) is 11.6. The van der Waals surface area contributed by atoms with Gasteiger partial charge in [-0.2, -0.15) is 0 Å². The lowest BCUT2D eigenvalue weighted by Crippen LogP contribution is -2.20. The molecule has 0 aliphatic carbocycles. The lowest BCUT2D eigenvalue weighted by atomic mass is 10.2. The van der Waals surface area contributed by atoms with Crippen molar-refractivity contribution in [2.75, 3.05) is 7.05 Å². The lowest BCUT2D eigenvalue weighted by Gasteiger charge is -2.07. The number of rotatable bonds is 2. The molecule has 1 aromatic carbocycles. The fraction of sp³-hybridized carbons (Fsp3) is 0.250. The summed E-state index contributed by atoms with van der Waals surface area (Å²) in [5, 5.41) is 0. The summed E-state index contributed by atoms with van der Waals surface area (Å²) in [5.41, 5.74) is 0.113. The largest absolute Gasteiger partial charge is 0.240 e. The molecule has 1 rings (SSSR count). The molecule has 0 radical (unpaired) electrons. The Balaban J connectivity index is 3.50. The molecule has 0 bridgehead atoms. The van der Waals surface area contributed by atoms with Crippen molar-refractivity contribution in [2.24, 2.45) is 0 Å². The van der Waals surface area contributed by atoms with Crippen molar-refractivity contribution >= 4 is 26.0 Å². The van der Waals surface area contributed by atoms with Gasteiger partial charge < -0.3 is 0 Å². The Kier molecular flexibility index (Phi) is 3.28. The highest BCUT2D eigenvalue weighted by Crippen LogP contribution is 2.23. The van der Waals surface area contributed by atoms with E-state index >= 15 is 0 Å². The molecule has 0 atom stereocenters. The van der Waals surface area contributed by atoms with Crippen LogP contribution in [0.1, 0.15) is 5.56 Å². The number of nitrogens with one attached hydrogen (secondary N) is 1. The van der Waals surface area contributed by atoms with Crippen molar-refractivity contribution in [3.05, 3.63) is 28.0 Å². The second-order valence-corrected chi connectivity index (χ2v) is 5.49. The maximum atomic E-state index is 13.2. The van der Waals surface area contributed by atoms with Gasteiger partial charge in [-0.05, 0) is 26.1 Å². The van der Waals surface area contributed by atoms with Crippen LogP contribution in [-0.4, -0.2) is 15.5 Å². The Hall–Kier alpha value is -0.460. The van der Waals surface area contributed by atoms with E-state index in [0.29, 0.717) is 4.47 Å². The van der Waals surface area contributed by atoms with Gasteiger partial charge in [0.15, 0.2) is 0 Å². The molecule has 14 heavy (non-hydrogen) atoms. The number of hydrogen-bond donors (Lipinski definition) is 1. The van der Waals surface area contributed by atoms with Gasteiger partial charge in [0.25, 0.3) is 0 Å². The first-order valence-corrected chi connectivity index (χ1v) is 6.05. The van der Waals surface area contributed by atoms with Gasteiger partial charge in [-0.15, -0.1) is 0 Å². The predicted octanol–water partition coefficient (Wildman–Crippen LogP) is 1.80. The summed E-state index contributed by atoms with van der Waals surface area (Å²) >= 11 is 3.04. The van der Waals surface area contributed by atoms with Crippen LogP contribution < -0.4 is 4.72 Å². The molecule has 1 aromatic rings. The normalized spacial score (nSPS) is 11.7. The van der Waals surface area contributed by atoms with Crippen LogP contribution in [0.25, 0.3) is 0 Å². The van der Waals surface area contributed by atoms with Crippen LogP contribution in [0, 0.1) is 12.7 Å². The van der Waals surface area contributed by atoms with Crippen molar-refractivity contribution in [2.45, 2.75) is 11.8 Å². The summed E-state index contributed by atoms with van der Waals surface area (Å²) in [6.45, 7) is 1.42. The van der Waals surface area contributed by atoms with Crippen LogP contribution in [0.15, 0.2) is 21.5 Å². The van der Waals surface area contributed by atoms with E-state index in [0.717, 1.165) is 0 Å². The average molecular weight is 282 g/mol. The molecule has 0 heterocycles. The first-order valence-electron chi connectivity index (χ1n) is 3.77. The van der Waals surface area contributed by atoms with E-state index in [4.69, 9.17) is 0 Å². The fourth-order valence-electron chi connectivity index (χ4n) is 1.01. The zero-order valence-electron chi connectivity index (χ0n) is 7.64. The minimum absolute atomic E-state index is 0.0492. The molecule has 0 aliphatic rings. The zero-order valence-corrected chi connectivity index (χ0v) is 10.0. The van der Waals surface area contributed by atoms with Crippen LogP contribution >= 0.6 is 15.9 Å². The van der Waals surface area contributed by atoms with E-state index in [-0.39, 0.29) is 10.5 Å². The smallest absolute Gasteiger partial charge is 0.214 e. The van der Waals surface area contributed by atoms with Crippen LogP contribution in [0.4, 0.5) is 4.39 Å². The number of hydrogen-bond acceptors (Lipinski definition) is 2. The Morgan fingerprint density at radius 1 is 1.43 bits per heavy atom. The molecule has 0 saturated carbocycles. The Bertz CT molecular complexity index is 459. The van der Waals surface area contributed by atoms with E-state index in [1.54, 1.807) is 0 Å². The molecule has 0 unspecified atom stereocenters. The Labute approximate surface area is 90.5 Å². The molecular weight excluding hydrogens is 273 g/mol. The molecule has 0 spiro atoms. The monoisotopic (exact) mass is 281 g/mol. The molecule has 78 valence electrons. The van der Waals surface area contributed by atoms with Crippen LogP contribution in [0.2, 0.25) is 0 Å². The van der Waals surface area contributed by atoms with Crippen LogP contribution in [0.3, 0.4) is 0 Å². The van der Waals surface area contributed by atoms with Crippen molar-refractivity contribution in [3.8, 4) is 0 Å². The zero-order chi connectivity index (χ0) is 10.9. The third kappa shape index (κ3) is 2.13. The molecule has 0 fully saturated rings. The van der Waals surface area contributed by atoms with E-state index < -0.39 is 15.8 Å². The molecule has 0 aromatic heterocycles. The maximum Gasteiger partial charge on any atom is 0.240 e. The van der Waals surface area contributed by atoms with E-state index in [1.807, 2.05) is 0 Å². The highest BCUT2D eigenvalue weighted by Gasteiger charge is 2.17. The number of benzene rings is 1. The highest BCUT2D eigenvalue weighted by molar-refractivity contribution is 9.10. The topological polar surface area (TPSA) is 46.2 Å². The minimum Gasteiger partial charge on any atom is -0.214 e. The minimum atomic E-state index is -3.59. The van der Waals surface area contributed by atoms with Gasteiger partial charge in [0.1, 0.15) is 5.82 Å². The van der Waals surface area contributed by atoms with Gasteiger partial charge in [-0.3, -0.25) is 0 Å². The summed E-state index contributed by atoms with van der Waals surface area (Å²) in [6, 6.07) is 2.59. The highest BCUT2D eigenvalue weighted by atomic mass is 79.9. The fourth-order valence-corrected chi connectivity index (χ4v) is 2.60.